The molecule has 2 aromatic carbocycles. The molecule has 4 nitrogen and oxygen atoms in total. The van der Waals surface area contributed by atoms with Crippen LogP contribution in [0.1, 0.15) is 38.2 Å². The van der Waals surface area contributed by atoms with Crippen molar-refractivity contribution in [2.45, 2.75) is 32.6 Å². The fraction of sp³-hybridized carbons (Fsp3) is 0.333. The van der Waals surface area contributed by atoms with Crippen LogP contribution in [0.2, 0.25) is 0 Å². The molecule has 2 rings (SSSR count). The van der Waals surface area contributed by atoms with Gasteiger partial charge < -0.3 is 9.84 Å². The Hall–Kier alpha value is -2.36. The molecule has 2 aromatic rings. The minimum absolute atomic E-state index is 0.145. The van der Waals surface area contributed by atoms with E-state index in [0.717, 1.165) is 18.6 Å². The molecule has 0 aliphatic heterocycles. The van der Waals surface area contributed by atoms with Crippen molar-refractivity contribution in [1.82, 2.24) is 0 Å². The van der Waals surface area contributed by atoms with Gasteiger partial charge in [0.25, 0.3) is 0 Å². The van der Waals surface area contributed by atoms with Crippen molar-refractivity contribution in [3.8, 4) is 11.5 Å². The predicted molar refractivity (Wildman–Crippen MR) is 88.6 cm³/mol. The maximum Gasteiger partial charge on any atom is 0.143 e. The van der Waals surface area contributed by atoms with Crippen molar-refractivity contribution < 1.29 is 9.84 Å². The largest absolute Gasteiger partial charge is 0.506 e. The van der Waals surface area contributed by atoms with Crippen LogP contribution in [0.5, 0.6) is 11.5 Å². The van der Waals surface area contributed by atoms with Crippen LogP contribution in [0.25, 0.3) is 0 Å². The third-order valence-electron chi connectivity index (χ3n) is 3.80. The van der Waals surface area contributed by atoms with Gasteiger partial charge in [0, 0.05) is 0 Å². The van der Waals surface area contributed by atoms with Gasteiger partial charge in [0.1, 0.15) is 17.2 Å². The van der Waals surface area contributed by atoms with E-state index in [1.807, 2.05) is 36.4 Å². The van der Waals surface area contributed by atoms with Gasteiger partial charge in [0.15, 0.2) is 0 Å². The normalized spacial score (nSPS) is 11.3. The Labute approximate surface area is 131 Å². The van der Waals surface area contributed by atoms with Crippen LogP contribution in [0.15, 0.2) is 52.7 Å². The average Bonchev–Trinajstić information content (AvgIpc) is 2.56. The number of methoxy groups -OCH3 is 1. The van der Waals surface area contributed by atoms with Crippen molar-refractivity contribution in [2.24, 2.45) is 10.2 Å². The zero-order valence-electron chi connectivity index (χ0n) is 13.3. The molecule has 0 radical (unpaired) electrons. The summed E-state index contributed by atoms with van der Waals surface area (Å²) in [5, 5.41) is 18.3. The molecule has 0 saturated heterocycles. The van der Waals surface area contributed by atoms with E-state index in [1.54, 1.807) is 13.2 Å². The van der Waals surface area contributed by atoms with E-state index in [0.29, 0.717) is 17.3 Å². The molecule has 0 atom stereocenters. The van der Waals surface area contributed by atoms with Crippen LogP contribution < -0.4 is 4.74 Å². The van der Waals surface area contributed by atoms with E-state index in [1.165, 1.54) is 5.56 Å². The molecule has 0 aliphatic rings. The highest BCUT2D eigenvalue weighted by molar-refractivity contribution is 5.53. The first-order chi connectivity index (χ1) is 10.7. The summed E-state index contributed by atoms with van der Waals surface area (Å²) >= 11 is 0. The minimum atomic E-state index is 0.145. The van der Waals surface area contributed by atoms with E-state index in [2.05, 4.69) is 24.1 Å². The van der Waals surface area contributed by atoms with Gasteiger partial charge in [-0.2, -0.15) is 5.11 Å². The van der Waals surface area contributed by atoms with Gasteiger partial charge in [-0.25, -0.2) is 0 Å². The summed E-state index contributed by atoms with van der Waals surface area (Å²) in [7, 11) is 1.62. The van der Waals surface area contributed by atoms with Gasteiger partial charge in [0.2, 0.25) is 0 Å². The summed E-state index contributed by atoms with van der Waals surface area (Å²) in [6.45, 7) is 4.33. The van der Waals surface area contributed by atoms with Crippen LogP contribution >= 0.6 is 0 Å². The number of ether oxygens (including phenoxy) is 1. The number of aromatic hydroxyl groups is 1. The van der Waals surface area contributed by atoms with Crippen molar-refractivity contribution in [1.29, 1.82) is 0 Å². The Morgan fingerprint density at radius 2 is 1.68 bits per heavy atom. The number of phenolic OH excluding ortho intramolecular Hbond substituents is 1. The van der Waals surface area contributed by atoms with Crippen LogP contribution in [-0.2, 0) is 0 Å². The van der Waals surface area contributed by atoms with Gasteiger partial charge in [-0.3, -0.25) is 0 Å². The highest BCUT2D eigenvalue weighted by Gasteiger charge is 2.09. The van der Waals surface area contributed by atoms with Crippen molar-refractivity contribution in [3.63, 3.8) is 0 Å². The number of hydrogen-bond donors (Lipinski definition) is 1. The fourth-order valence-corrected chi connectivity index (χ4v) is 2.40. The van der Waals surface area contributed by atoms with E-state index in [9.17, 15) is 5.11 Å². The Kier molecular flexibility index (Phi) is 5.53. The van der Waals surface area contributed by atoms with Crippen molar-refractivity contribution in [3.05, 3.63) is 48.0 Å². The second-order valence-corrected chi connectivity index (χ2v) is 5.16. The van der Waals surface area contributed by atoms with E-state index >= 15 is 0 Å². The highest BCUT2D eigenvalue weighted by atomic mass is 16.5. The summed E-state index contributed by atoms with van der Waals surface area (Å²) in [5.41, 5.74) is 2.40. The standard InChI is InChI=1S/C18H22N2O2/c1-4-13(5-2)14-6-11-18(21)17(12-14)20-19-15-7-9-16(22-3)10-8-15/h6-13,21H,4-5H2,1-3H3. The zero-order chi connectivity index (χ0) is 15.9. The molecule has 0 fully saturated rings. The molecule has 0 amide bonds. The number of azo groups is 1. The number of rotatable bonds is 6. The lowest BCUT2D eigenvalue weighted by Crippen LogP contribution is -1.94. The van der Waals surface area contributed by atoms with Crippen LogP contribution in [0.4, 0.5) is 11.4 Å². The first-order valence-electron chi connectivity index (χ1n) is 7.56. The van der Waals surface area contributed by atoms with Crippen LogP contribution in [0, 0.1) is 0 Å². The molecule has 0 saturated carbocycles. The van der Waals surface area contributed by atoms with E-state index in [4.69, 9.17) is 4.74 Å². The van der Waals surface area contributed by atoms with E-state index in [-0.39, 0.29) is 5.75 Å². The number of benzene rings is 2. The Morgan fingerprint density at radius 3 is 2.27 bits per heavy atom. The summed E-state index contributed by atoms with van der Waals surface area (Å²) in [5.74, 6) is 1.40. The molecule has 0 aromatic heterocycles. The summed E-state index contributed by atoms with van der Waals surface area (Å²) in [6.07, 6.45) is 2.13. The van der Waals surface area contributed by atoms with Gasteiger partial charge in [-0.05, 0) is 60.7 Å². The maximum absolute atomic E-state index is 9.95. The zero-order valence-corrected chi connectivity index (χ0v) is 13.3. The first-order valence-corrected chi connectivity index (χ1v) is 7.56. The third kappa shape index (κ3) is 3.85. The number of nitrogens with zero attached hydrogens (tertiary/aromatic N) is 2. The van der Waals surface area contributed by atoms with Crippen LogP contribution in [-0.4, -0.2) is 12.2 Å². The lowest BCUT2D eigenvalue weighted by molar-refractivity contribution is 0.415. The molecule has 4 heteroatoms. The molecular formula is C18H22N2O2. The quantitative estimate of drug-likeness (QED) is 0.693. The van der Waals surface area contributed by atoms with Gasteiger partial charge in [-0.15, -0.1) is 5.11 Å². The molecule has 0 bridgehead atoms. The topological polar surface area (TPSA) is 54.2 Å². The second kappa shape index (κ2) is 7.59. The third-order valence-corrected chi connectivity index (χ3v) is 3.80. The molecule has 1 N–H and O–H groups in total. The van der Waals surface area contributed by atoms with E-state index < -0.39 is 0 Å². The fourth-order valence-electron chi connectivity index (χ4n) is 2.40. The molecular weight excluding hydrogens is 276 g/mol. The molecule has 22 heavy (non-hydrogen) atoms. The Bertz CT molecular complexity index is 632. The summed E-state index contributed by atoms with van der Waals surface area (Å²) in [6, 6.07) is 12.9. The smallest absolute Gasteiger partial charge is 0.143 e. The molecule has 0 heterocycles. The number of hydrogen-bond acceptors (Lipinski definition) is 4. The van der Waals surface area contributed by atoms with Crippen LogP contribution in [0.3, 0.4) is 0 Å². The SMILES string of the molecule is CCC(CC)c1ccc(O)c(N=Nc2ccc(OC)cc2)c1. The molecule has 0 aliphatic carbocycles. The maximum atomic E-state index is 9.95. The van der Waals surface area contributed by atoms with Crippen molar-refractivity contribution in [2.75, 3.05) is 7.11 Å². The summed E-state index contributed by atoms with van der Waals surface area (Å²) < 4.78 is 5.11. The lowest BCUT2D eigenvalue weighted by atomic mass is 9.93. The number of phenols is 1. The molecule has 116 valence electrons. The van der Waals surface area contributed by atoms with Crippen molar-refractivity contribution >= 4 is 11.4 Å². The predicted octanol–water partition coefficient (Wildman–Crippen LogP) is 5.72. The highest BCUT2D eigenvalue weighted by Crippen LogP contribution is 2.33. The average molecular weight is 298 g/mol. The second-order valence-electron chi connectivity index (χ2n) is 5.16. The monoisotopic (exact) mass is 298 g/mol. The van der Waals surface area contributed by atoms with Gasteiger partial charge >= 0.3 is 0 Å². The summed E-state index contributed by atoms with van der Waals surface area (Å²) in [4.78, 5) is 0. The first kappa shape index (κ1) is 16.0. The lowest BCUT2D eigenvalue weighted by Gasteiger charge is -2.13. The Balaban J connectivity index is 2.23. The Morgan fingerprint density at radius 1 is 1.00 bits per heavy atom. The molecule has 0 spiro atoms. The van der Waals surface area contributed by atoms with Gasteiger partial charge in [0.05, 0.1) is 12.8 Å². The van der Waals surface area contributed by atoms with Gasteiger partial charge in [-0.1, -0.05) is 19.9 Å². The minimum Gasteiger partial charge on any atom is -0.506 e. The molecule has 0 unspecified atom stereocenters.